The summed E-state index contributed by atoms with van der Waals surface area (Å²) in [5.41, 5.74) is 0.624. The molecule has 2 aromatic rings. The molecule has 106 valence electrons. The quantitative estimate of drug-likeness (QED) is 0.946. The van der Waals surface area contributed by atoms with Crippen LogP contribution in [0.3, 0.4) is 0 Å². The Bertz CT molecular complexity index is 617. The number of nitrogens with zero attached hydrogens (tertiary/aromatic N) is 2. The fourth-order valence-corrected chi connectivity index (χ4v) is 3.57. The molecule has 0 bridgehead atoms. The van der Waals surface area contributed by atoms with Crippen LogP contribution >= 0.6 is 23.4 Å². The van der Waals surface area contributed by atoms with Crippen LogP contribution in [0, 0.1) is 0 Å². The van der Waals surface area contributed by atoms with Gasteiger partial charge in [-0.05, 0) is 19.1 Å². The highest BCUT2D eigenvalue weighted by Gasteiger charge is 2.31. The van der Waals surface area contributed by atoms with Gasteiger partial charge in [-0.15, -0.1) is 11.8 Å². The van der Waals surface area contributed by atoms with E-state index in [1.54, 1.807) is 22.6 Å². The zero-order chi connectivity index (χ0) is 14.1. The maximum absolute atomic E-state index is 10.6. The Morgan fingerprint density at radius 1 is 1.55 bits per heavy atom. The van der Waals surface area contributed by atoms with E-state index < -0.39 is 6.10 Å². The first-order valence-corrected chi connectivity index (χ1v) is 7.84. The minimum atomic E-state index is -0.786. The number of halogens is 1. The van der Waals surface area contributed by atoms with Crippen molar-refractivity contribution in [3.63, 3.8) is 0 Å². The number of hydrogen-bond acceptors (Lipinski definition) is 4. The molecule has 2 heterocycles. The van der Waals surface area contributed by atoms with Crippen molar-refractivity contribution in [3.05, 3.63) is 41.2 Å². The molecule has 0 radical (unpaired) electrons. The summed E-state index contributed by atoms with van der Waals surface area (Å²) in [5, 5.41) is 15.2. The summed E-state index contributed by atoms with van der Waals surface area (Å²) < 4.78 is 7.61. The summed E-state index contributed by atoms with van der Waals surface area (Å²) in [4.78, 5) is 1.10. The molecular weight excluding hydrogens is 296 g/mol. The SMILES string of the molecule is CCn1ncc(Cl)c1C(O)C1CSc2ccccc2O1. The van der Waals surface area contributed by atoms with E-state index in [1.165, 1.54) is 0 Å². The zero-order valence-corrected chi connectivity index (χ0v) is 12.6. The summed E-state index contributed by atoms with van der Waals surface area (Å²) in [7, 11) is 0. The Kier molecular flexibility index (Phi) is 3.92. The number of rotatable bonds is 3. The fraction of sp³-hybridized carbons (Fsp3) is 0.357. The molecular formula is C14H15ClN2O2S. The molecule has 3 rings (SSSR count). The largest absolute Gasteiger partial charge is 0.485 e. The molecule has 6 heteroatoms. The van der Waals surface area contributed by atoms with Gasteiger partial charge in [0.2, 0.25) is 0 Å². The van der Waals surface area contributed by atoms with Crippen molar-refractivity contribution in [2.75, 3.05) is 5.75 Å². The average Bonchev–Trinajstić information content (AvgIpc) is 2.87. The van der Waals surface area contributed by atoms with Gasteiger partial charge in [0.05, 0.1) is 16.9 Å². The van der Waals surface area contributed by atoms with Crippen molar-refractivity contribution in [2.45, 2.75) is 30.6 Å². The molecule has 1 aromatic carbocycles. The summed E-state index contributed by atoms with van der Waals surface area (Å²) >= 11 is 7.82. The predicted molar refractivity (Wildman–Crippen MR) is 79.5 cm³/mol. The first-order valence-electron chi connectivity index (χ1n) is 6.48. The smallest absolute Gasteiger partial charge is 0.140 e. The average molecular weight is 311 g/mol. The highest BCUT2D eigenvalue weighted by Crippen LogP contribution is 2.39. The molecule has 1 N–H and O–H groups in total. The zero-order valence-electron chi connectivity index (χ0n) is 11.0. The van der Waals surface area contributed by atoms with E-state index in [0.717, 1.165) is 10.6 Å². The van der Waals surface area contributed by atoms with Crippen LogP contribution in [0.2, 0.25) is 5.02 Å². The van der Waals surface area contributed by atoms with E-state index in [4.69, 9.17) is 16.3 Å². The Balaban J connectivity index is 1.85. The van der Waals surface area contributed by atoms with Crippen molar-refractivity contribution in [2.24, 2.45) is 0 Å². The number of aromatic nitrogens is 2. The van der Waals surface area contributed by atoms with Gasteiger partial charge >= 0.3 is 0 Å². The van der Waals surface area contributed by atoms with E-state index in [2.05, 4.69) is 5.10 Å². The van der Waals surface area contributed by atoms with Crippen LogP contribution in [0.1, 0.15) is 18.7 Å². The highest BCUT2D eigenvalue weighted by molar-refractivity contribution is 7.99. The van der Waals surface area contributed by atoms with Gasteiger partial charge in [-0.2, -0.15) is 5.10 Å². The lowest BCUT2D eigenvalue weighted by Gasteiger charge is -2.29. The van der Waals surface area contributed by atoms with Crippen LogP contribution in [0.5, 0.6) is 5.75 Å². The first-order chi connectivity index (χ1) is 9.70. The van der Waals surface area contributed by atoms with E-state index in [1.807, 2.05) is 31.2 Å². The van der Waals surface area contributed by atoms with Crippen LogP contribution in [-0.2, 0) is 6.54 Å². The molecule has 20 heavy (non-hydrogen) atoms. The molecule has 1 aliphatic rings. The number of aliphatic hydroxyl groups is 1. The molecule has 2 atom stereocenters. The van der Waals surface area contributed by atoms with Gasteiger partial charge < -0.3 is 9.84 Å². The summed E-state index contributed by atoms with van der Waals surface area (Å²) in [6.07, 6.45) is 0.452. The molecule has 0 spiro atoms. The molecule has 1 aromatic heterocycles. The van der Waals surface area contributed by atoms with Crippen molar-refractivity contribution in [1.82, 2.24) is 9.78 Å². The number of aliphatic hydroxyl groups excluding tert-OH is 1. The maximum atomic E-state index is 10.6. The molecule has 0 amide bonds. The molecule has 0 aliphatic carbocycles. The van der Waals surface area contributed by atoms with E-state index in [-0.39, 0.29) is 6.10 Å². The Morgan fingerprint density at radius 2 is 2.35 bits per heavy atom. The van der Waals surface area contributed by atoms with Gasteiger partial charge in [-0.3, -0.25) is 4.68 Å². The van der Waals surface area contributed by atoms with Crippen molar-refractivity contribution in [1.29, 1.82) is 0 Å². The van der Waals surface area contributed by atoms with E-state index in [9.17, 15) is 5.11 Å². The second-order valence-electron chi connectivity index (χ2n) is 4.55. The Labute approximate surface area is 126 Å². The van der Waals surface area contributed by atoms with Crippen molar-refractivity contribution >= 4 is 23.4 Å². The Hall–Kier alpha value is -1.17. The van der Waals surface area contributed by atoms with Gasteiger partial charge in [0.25, 0.3) is 0 Å². The second-order valence-corrected chi connectivity index (χ2v) is 6.02. The molecule has 0 saturated carbocycles. The van der Waals surface area contributed by atoms with E-state index in [0.29, 0.717) is 23.0 Å². The van der Waals surface area contributed by atoms with Crippen LogP contribution < -0.4 is 4.74 Å². The molecule has 0 fully saturated rings. The van der Waals surface area contributed by atoms with Crippen LogP contribution in [0.25, 0.3) is 0 Å². The standard InChI is InChI=1S/C14H15ClN2O2S/c1-2-17-13(9(15)7-16-17)14(18)11-8-20-12-6-4-3-5-10(12)19-11/h3-7,11,14,18H,2,8H2,1H3. The molecule has 4 nitrogen and oxygen atoms in total. The summed E-state index contributed by atoms with van der Waals surface area (Å²) in [6.45, 7) is 2.63. The third-order valence-corrected chi connectivity index (χ3v) is 4.73. The van der Waals surface area contributed by atoms with Crippen molar-refractivity contribution in [3.8, 4) is 5.75 Å². The number of ether oxygens (including phenoxy) is 1. The number of para-hydroxylation sites is 1. The number of benzene rings is 1. The number of fused-ring (bicyclic) bond motifs is 1. The van der Waals surface area contributed by atoms with Crippen LogP contribution in [-0.4, -0.2) is 26.7 Å². The molecule has 0 saturated heterocycles. The van der Waals surface area contributed by atoms with Crippen LogP contribution in [0.4, 0.5) is 0 Å². The maximum Gasteiger partial charge on any atom is 0.140 e. The topological polar surface area (TPSA) is 47.3 Å². The normalized spacial score (nSPS) is 19.2. The fourth-order valence-electron chi connectivity index (χ4n) is 2.29. The minimum Gasteiger partial charge on any atom is -0.485 e. The molecule has 1 aliphatic heterocycles. The minimum absolute atomic E-state index is 0.325. The highest BCUT2D eigenvalue weighted by atomic mass is 35.5. The lowest BCUT2D eigenvalue weighted by molar-refractivity contribution is 0.0398. The van der Waals surface area contributed by atoms with Crippen molar-refractivity contribution < 1.29 is 9.84 Å². The lowest BCUT2D eigenvalue weighted by atomic mass is 10.1. The third-order valence-electron chi connectivity index (χ3n) is 3.30. The molecule has 2 unspecified atom stereocenters. The third kappa shape index (κ3) is 2.41. The van der Waals surface area contributed by atoms with E-state index >= 15 is 0 Å². The van der Waals surface area contributed by atoms with Gasteiger partial charge in [0.1, 0.15) is 18.0 Å². The van der Waals surface area contributed by atoms with Gasteiger partial charge in [-0.1, -0.05) is 23.7 Å². The first kappa shape index (κ1) is 13.8. The second kappa shape index (κ2) is 5.68. The number of hydrogen-bond donors (Lipinski definition) is 1. The monoisotopic (exact) mass is 310 g/mol. The predicted octanol–water partition coefficient (Wildman–Crippen LogP) is 3.14. The Morgan fingerprint density at radius 3 is 3.15 bits per heavy atom. The number of thioether (sulfide) groups is 1. The number of aryl methyl sites for hydroxylation is 1. The summed E-state index contributed by atoms with van der Waals surface area (Å²) in [6, 6.07) is 7.85. The van der Waals surface area contributed by atoms with Gasteiger partial charge in [0.15, 0.2) is 0 Å². The summed E-state index contributed by atoms with van der Waals surface area (Å²) in [5.74, 6) is 1.50. The van der Waals surface area contributed by atoms with Gasteiger partial charge in [0, 0.05) is 17.2 Å². The van der Waals surface area contributed by atoms with Crippen LogP contribution in [0.15, 0.2) is 35.4 Å². The lowest BCUT2D eigenvalue weighted by Crippen LogP contribution is -2.31. The van der Waals surface area contributed by atoms with Gasteiger partial charge in [-0.25, -0.2) is 0 Å².